The summed E-state index contributed by atoms with van der Waals surface area (Å²) in [6.45, 7) is 1.70. The van der Waals surface area contributed by atoms with Gasteiger partial charge in [-0.2, -0.15) is 4.31 Å². The van der Waals surface area contributed by atoms with Gasteiger partial charge < -0.3 is 10.5 Å². The molecule has 2 fully saturated rings. The molecule has 2 heterocycles. The van der Waals surface area contributed by atoms with Crippen LogP contribution in [0.1, 0.15) is 19.8 Å². The minimum Gasteiger partial charge on any atom is -0.495 e. The number of rotatable bonds is 5. The van der Waals surface area contributed by atoms with Crippen LogP contribution in [0.5, 0.6) is 5.75 Å². The summed E-state index contributed by atoms with van der Waals surface area (Å²) in [5.74, 6) is -2.48. The Labute approximate surface area is 169 Å². The number of anilines is 1. The molecule has 0 aliphatic carbocycles. The predicted octanol–water partition coefficient (Wildman–Crippen LogP) is -0.106. The van der Waals surface area contributed by atoms with Gasteiger partial charge in [0, 0.05) is 19.0 Å². The van der Waals surface area contributed by atoms with E-state index >= 15 is 0 Å². The van der Waals surface area contributed by atoms with E-state index in [4.69, 9.17) is 10.5 Å². The second kappa shape index (κ2) is 7.58. The highest BCUT2D eigenvalue weighted by atomic mass is 32.2. The normalized spacial score (nSPS) is 23.3. The molecule has 2 aliphatic heterocycles. The van der Waals surface area contributed by atoms with Gasteiger partial charge in [0.15, 0.2) is 0 Å². The van der Waals surface area contributed by atoms with E-state index in [1.165, 1.54) is 30.5 Å². The molecule has 29 heavy (non-hydrogen) atoms. The standard InChI is InChI=1S/C17H23N3O7S2/c1-11-10-28(23,24)20(17(11)22)13-3-4-14(27-2)15(9-13)29(25,26)19-7-5-12(6-8-19)16(18)21/h3-4,9,11-12H,5-8,10H2,1-2H3,(H2,18,21)/t11-/m0/s1. The summed E-state index contributed by atoms with van der Waals surface area (Å²) in [6.07, 6.45) is 0.597. The lowest BCUT2D eigenvalue weighted by atomic mass is 9.98. The van der Waals surface area contributed by atoms with Crippen LogP contribution in [0.15, 0.2) is 23.1 Å². The molecule has 0 spiro atoms. The van der Waals surface area contributed by atoms with Gasteiger partial charge >= 0.3 is 0 Å². The fourth-order valence-electron chi connectivity index (χ4n) is 3.60. The Bertz CT molecular complexity index is 1040. The Morgan fingerprint density at radius 2 is 1.86 bits per heavy atom. The summed E-state index contributed by atoms with van der Waals surface area (Å²) in [5.41, 5.74) is 5.25. The molecule has 160 valence electrons. The number of ether oxygens (including phenoxy) is 1. The number of benzene rings is 1. The summed E-state index contributed by atoms with van der Waals surface area (Å²) in [4.78, 5) is 23.4. The quantitative estimate of drug-likeness (QED) is 0.666. The molecule has 2 aliphatic rings. The molecule has 0 bridgehead atoms. The van der Waals surface area contributed by atoms with E-state index in [1.54, 1.807) is 0 Å². The fourth-order valence-corrected chi connectivity index (χ4v) is 7.06. The first-order valence-electron chi connectivity index (χ1n) is 9.03. The zero-order chi connectivity index (χ0) is 21.6. The molecular weight excluding hydrogens is 422 g/mol. The van der Waals surface area contributed by atoms with Gasteiger partial charge in [-0.25, -0.2) is 21.1 Å². The third-order valence-corrected chi connectivity index (χ3v) is 9.00. The van der Waals surface area contributed by atoms with E-state index in [9.17, 15) is 26.4 Å². The Morgan fingerprint density at radius 1 is 1.24 bits per heavy atom. The summed E-state index contributed by atoms with van der Waals surface area (Å²) >= 11 is 0. The van der Waals surface area contributed by atoms with E-state index in [2.05, 4.69) is 0 Å². The molecule has 0 aromatic heterocycles. The van der Waals surface area contributed by atoms with Crippen LogP contribution in [0.4, 0.5) is 5.69 Å². The van der Waals surface area contributed by atoms with Gasteiger partial charge in [0.2, 0.25) is 31.9 Å². The molecule has 10 nitrogen and oxygen atoms in total. The molecule has 12 heteroatoms. The molecule has 2 N–H and O–H groups in total. The number of methoxy groups -OCH3 is 1. The van der Waals surface area contributed by atoms with Crippen LogP contribution in [0.3, 0.4) is 0 Å². The molecule has 1 aromatic rings. The molecule has 0 radical (unpaired) electrons. The summed E-state index contributed by atoms with van der Waals surface area (Å²) in [7, 11) is -6.63. The van der Waals surface area contributed by atoms with Crippen molar-refractivity contribution < 1.29 is 31.2 Å². The van der Waals surface area contributed by atoms with Crippen molar-refractivity contribution in [3.8, 4) is 5.75 Å². The minimum atomic E-state index is -4.05. The van der Waals surface area contributed by atoms with E-state index in [-0.39, 0.29) is 41.1 Å². The Kier molecular flexibility index (Phi) is 5.62. The molecule has 3 rings (SSSR count). The average molecular weight is 446 g/mol. The van der Waals surface area contributed by atoms with Gasteiger partial charge in [0.05, 0.1) is 24.5 Å². The van der Waals surface area contributed by atoms with Gasteiger partial charge in [-0.1, -0.05) is 6.92 Å². The van der Waals surface area contributed by atoms with Crippen LogP contribution in [0, 0.1) is 11.8 Å². The highest BCUT2D eigenvalue weighted by molar-refractivity contribution is 7.94. The molecule has 2 saturated heterocycles. The minimum absolute atomic E-state index is 0.0304. The summed E-state index contributed by atoms with van der Waals surface area (Å²) < 4.78 is 58.2. The number of carbonyl (C=O) groups excluding carboxylic acids is 2. The molecule has 0 saturated carbocycles. The van der Waals surface area contributed by atoms with Crippen molar-refractivity contribution in [1.82, 2.24) is 4.31 Å². The van der Waals surface area contributed by atoms with Crippen LogP contribution >= 0.6 is 0 Å². The summed E-state index contributed by atoms with van der Waals surface area (Å²) in [5, 5.41) is 0. The second-order valence-corrected chi connectivity index (χ2v) is 11.0. The first kappa shape index (κ1) is 21.5. The number of amides is 2. The van der Waals surface area contributed by atoms with Crippen molar-refractivity contribution in [3.63, 3.8) is 0 Å². The number of piperidine rings is 1. The summed E-state index contributed by atoms with van der Waals surface area (Å²) in [6, 6.07) is 3.80. The van der Waals surface area contributed by atoms with Crippen LogP contribution in [0.2, 0.25) is 0 Å². The van der Waals surface area contributed by atoms with E-state index in [0.717, 1.165) is 6.07 Å². The second-order valence-electron chi connectivity index (χ2n) is 7.20. The molecule has 1 aromatic carbocycles. The van der Waals surface area contributed by atoms with E-state index < -0.39 is 37.8 Å². The number of hydrogen-bond acceptors (Lipinski definition) is 7. The maximum absolute atomic E-state index is 13.2. The van der Waals surface area contributed by atoms with E-state index in [0.29, 0.717) is 17.1 Å². The number of carbonyl (C=O) groups is 2. The fraction of sp³-hybridized carbons (Fsp3) is 0.529. The SMILES string of the molecule is COc1ccc(N2C(=O)[C@@H](C)CS2(=O)=O)cc1S(=O)(=O)N1CCC(C(N)=O)CC1. The zero-order valence-corrected chi connectivity index (χ0v) is 17.7. The maximum Gasteiger partial charge on any atom is 0.246 e. The Morgan fingerprint density at radius 3 is 2.34 bits per heavy atom. The third-order valence-electron chi connectivity index (χ3n) is 5.22. The van der Waals surface area contributed by atoms with Gasteiger partial charge in [-0.3, -0.25) is 9.59 Å². The van der Waals surface area contributed by atoms with Crippen molar-refractivity contribution >= 4 is 37.5 Å². The number of hydrogen-bond donors (Lipinski definition) is 1. The first-order chi connectivity index (χ1) is 13.5. The van der Waals surface area contributed by atoms with Gasteiger partial charge in [0.25, 0.3) is 0 Å². The van der Waals surface area contributed by atoms with E-state index in [1.807, 2.05) is 0 Å². The maximum atomic E-state index is 13.2. The lowest BCUT2D eigenvalue weighted by Gasteiger charge is -2.30. The Hall–Kier alpha value is -2.18. The third kappa shape index (κ3) is 3.83. The molecular formula is C17H23N3O7S2. The van der Waals surface area contributed by atoms with Gasteiger partial charge in [-0.05, 0) is 31.0 Å². The number of nitrogens with two attached hydrogens (primary N) is 1. The zero-order valence-electron chi connectivity index (χ0n) is 16.1. The first-order valence-corrected chi connectivity index (χ1v) is 12.1. The van der Waals surface area contributed by atoms with Crippen molar-refractivity contribution in [1.29, 1.82) is 0 Å². The monoisotopic (exact) mass is 445 g/mol. The van der Waals surface area contributed by atoms with Crippen molar-refractivity contribution in [2.45, 2.75) is 24.7 Å². The van der Waals surface area contributed by atoms with Crippen LogP contribution < -0.4 is 14.8 Å². The van der Waals surface area contributed by atoms with Crippen molar-refractivity contribution in [3.05, 3.63) is 18.2 Å². The largest absolute Gasteiger partial charge is 0.495 e. The van der Waals surface area contributed by atoms with Crippen LogP contribution in [0.25, 0.3) is 0 Å². The lowest BCUT2D eigenvalue weighted by Crippen LogP contribution is -2.41. The number of sulfonamides is 2. The lowest BCUT2D eigenvalue weighted by molar-refractivity contribution is -0.123. The molecule has 1 atom stereocenters. The van der Waals surface area contributed by atoms with Gasteiger partial charge in [0.1, 0.15) is 10.6 Å². The topological polar surface area (TPSA) is 144 Å². The van der Waals surface area contributed by atoms with Gasteiger partial charge in [-0.15, -0.1) is 0 Å². The van der Waals surface area contributed by atoms with Crippen LogP contribution in [-0.4, -0.2) is 58.9 Å². The number of primary amides is 1. The van der Waals surface area contributed by atoms with Crippen molar-refractivity contribution in [2.75, 3.05) is 30.3 Å². The highest BCUT2D eigenvalue weighted by Gasteiger charge is 2.43. The van der Waals surface area contributed by atoms with Crippen LogP contribution in [-0.2, 0) is 29.6 Å². The van der Waals surface area contributed by atoms with Crippen molar-refractivity contribution in [2.24, 2.45) is 17.6 Å². The number of nitrogens with zero attached hydrogens (tertiary/aromatic N) is 2. The predicted molar refractivity (Wildman–Crippen MR) is 104 cm³/mol. The average Bonchev–Trinajstić information content (AvgIpc) is 2.88. The Balaban J connectivity index is 2.00. The highest BCUT2D eigenvalue weighted by Crippen LogP contribution is 2.36. The smallest absolute Gasteiger partial charge is 0.246 e. The molecule has 2 amide bonds. The molecule has 0 unspecified atom stereocenters.